The second kappa shape index (κ2) is 50.6. The number of phenols is 1. The second-order valence-corrected chi connectivity index (χ2v) is 34.1. The van der Waals surface area contributed by atoms with Crippen molar-refractivity contribution in [3.05, 3.63) is 120 Å². The van der Waals surface area contributed by atoms with Gasteiger partial charge in [-0.15, -0.1) is 0 Å². The molecule has 1 saturated heterocycles. The molecule has 0 radical (unpaired) electrons. The van der Waals surface area contributed by atoms with Gasteiger partial charge in [0.25, 0.3) is 0 Å². The fraction of sp³-hybridized carbons (Fsp3) is 0.518. The van der Waals surface area contributed by atoms with E-state index in [9.17, 15) is 87.9 Å². The first-order valence-electron chi connectivity index (χ1n) is 41.2. The summed E-state index contributed by atoms with van der Waals surface area (Å²) in [6, 6.07) is -1.78. The lowest BCUT2D eigenvalue weighted by Crippen LogP contribution is -2.62. The van der Waals surface area contributed by atoms with Gasteiger partial charge in [-0.1, -0.05) is 150 Å². The van der Waals surface area contributed by atoms with Crippen molar-refractivity contribution in [1.29, 1.82) is 0 Å². The number of carboxylic acid groups (broad SMARTS) is 4. The topological polar surface area (TPSA) is 644 Å². The van der Waals surface area contributed by atoms with Crippen molar-refractivity contribution in [2.24, 2.45) is 35.1 Å². The molecule has 0 spiro atoms. The van der Waals surface area contributed by atoms with Gasteiger partial charge in [0.05, 0.1) is 30.9 Å². The van der Waals surface area contributed by atoms with E-state index >= 15 is 19.2 Å². The Morgan fingerprint density at radius 2 is 1.06 bits per heavy atom. The molecule has 5 aromatic rings. The standard InChI is InChI=1S/C83H116N18O22S2/c1-9-44(7)68(81(120)96-61(83(122)123)33-48-37-87-53-21-15-14-20-51(48)53)101-82(121)69(45(8)10-2)100-77(116)60(36-66(107)108)94-73(112)56(30-42(3)4)91-76(115)59(34-49-38-86-41-88-49)93-78(117)62-39-124-125-40-63(97-72(111)55(27-28-64(103)104)90-71(110)54(22-16-17-29-84)89-70(109)52(85)35-65(105)106)79(118)99-67(43(5)6)80(119)95-58(32-47-23-25-50(102)26-24-47)74(113)92-57(75(114)98-62)31-46-18-12-11-13-19-46/h11-15,18-21,23-26,37-38,41-45,52,54-63,67-69,87,102H,9-10,16-17,22,27-36,39-40,84-85H2,1-8H3,(H,86,88)(H,89,109)(H,90,110)(H,91,115)(H,92,113)(H,93,117)(H,94,112)(H,95,119)(H,96,120)(H,97,111)(H,98,114)(H,99,118)(H,100,116)(H,101,121)(H,103,104)(H,105,106)(H,107,108)(H,122,123)/t44-,45-,52-,54+,55-,56-,57-,58-,59-,60-,61-,62-,63-,67-,68-,69-/m0/s1. The molecule has 125 heavy (non-hydrogen) atoms. The Morgan fingerprint density at radius 1 is 0.520 bits per heavy atom. The maximum atomic E-state index is 15.4. The Kier molecular flexibility index (Phi) is 41.1. The number of carbonyl (C=O) groups excluding carboxylic acids is 13. The molecule has 0 unspecified atom stereocenters. The Balaban J connectivity index is 1.35. The fourth-order valence-corrected chi connectivity index (χ4v) is 15.7. The summed E-state index contributed by atoms with van der Waals surface area (Å²) in [6.07, 6.45) is 0.555. The van der Waals surface area contributed by atoms with Crippen molar-refractivity contribution in [2.75, 3.05) is 18.1 Å². The lowest BCUT2D eigenvalue weighted by molar-refractivity contribution is -0.143. The van der Waals surface area contributed by atoms with E-state index < -0.39 is 253 Å². The minimum atomic E-state index is -1.96. The van der Waals surface area contributed by atoms with Crippen LogP contribution in [0.15, 0.2) is 97.6 Å². The molecule has 1 aliphatic heterocycles. The number of unbranched alkanes of at least 4 members (excludes halogenated alkanes) is 1. The number of aromatic amines is 2. The molecule has 13 amide bonds. The molecule has 1 fully saturated rings. The van der Waals surface area contributed by atoms with Crippen molar-refractivity contribution in [3.8, 4) is 5.75 Å². The summed E-state index contributed by atoms with van der Waals surface area (Å²) in [6.45, 7) is 13.3. The minimum absolute atomic E-state index is 0.128. The molecule has 1 aliphatic rings. The van der Waals surface area contributed by atoms with Gasteiger partial charge >= 0.3 is 23.9 Å². The first-order valence-corrected chi connectivity index (χ1v) is 43.7. The molecule has 2 aromatic heterocycles. The van der Waals surface area contributed by atoms with Gasteiger partial charge in [-0.2, -0.15) is 0 Å². The molecule has 42 heteroatoms. The highest BCUT2D eigenvalue weighted by molar-refractivity contribution is 8.76. The molecule has 682 valence electrons. The van der Waals surface area contributed by atoms with Crippen LogP contribution in [-0.4, -0.2) is 244 Å². The van der Waals surface area contributed by atoms with Gasteiger partial charge in [-0.25, -0.2) is 9.78 Å². The predicted octanol–water partition coefficient (Wildman–Crippen LogP) is -0.286. The van der Waals surface area contributed by atoms with Gasteiger partial charge in [0, 0.05) is 66.9 Å². The number of benzene rings is 3. The first-order chi connectivity index (χ1) is 59.3. The third kappa shape index (κ3) is 33.1. The quantitative estimate of drug-likeness (QED) is 0.0176. The molecular weight excluding hydrogens is 1670 g/mol. The van der Waals surface area contributed by atoms with E-state index in [1.54, 1.807) is 116 Å². The largest absolute Gasteiger partial charge is 0.508 e. The predicted molar refractivity (Wildman–Crippen MR) is 459 cm³/mol. The van der Waals surface area contributed by atoms with E-state index in [0.29, 0.717) is 29.5 Å². The third-order valence-electron chi connectivity index (χ3n) is 20.8. The number of aliphatic carboxylic acids is 4. The number of nitrogens with one attached hydrogen (secondary N) is 15. The molecule has 6 rings (SSSR count). The maximum absolute atomic E-state index is 15.4. The number of carboxylic acids is 4. The van der Waals surface area contributed by atoms with Crippen LogP contribution >= 0.6 is 21.6 Å². The minimum Gasteiger partial charge on any atom is -0.508 e. The highest BCUT2D eigenvalue weighted by Gasteiger charge is 2.41. The fourth-order valence-electron chi connectivity index (χ4n) is 13.3. The number of para-hydroxylation sites is 1. The van der Waals surface area contributed by atoms with Gasteiger partial charge in [0.2, 0.25) is 76.8 Å². The summed E-state index contributed by atoms with van der Waals surface area (Å²) in [4.78, 5) is 250. The van der Waals surface area contributed by atoms with Gasteiger partial charge in [-0.3, -0.25) is 76.7 Å². The summed E-state index contributed by atoms with van der Waals surface area (Å²) in [5.74, 6) is -23.0. The molecule has 3 aromatic carbocycles. The van der Waals surface area contributed by atoms with Crippen LogP contribution in [0.5, 0.6) is 5.75 Å². The number of aromatic hydroxyl groups is 1. The summed E-state index contributed by atoms with van der Waals surface area (Å²) in [7, 11) is 1.61. The third-order valence-corrected chi connectivity index (χ3v) is 23.3. The highest BCUT2D eigenvalue weighted by atomic mass is 33.1. The summed E-state index contributed by atoms with van der Waals surface area (Å²) in [5.41, 5.74) is 13.9. The normalized spacial score (nSPS) is 18.6. The zero-order valence-corrected chi connectivity index (χ0v) is 72.4. The van der Waals surface area contributed by atoms with Crippen LogP contribution in [0.25, 0.3) is 10.9 Å². The molecule has 0 aliphatic carbocycles. The lowest BCUT2D eigenvalue weighted by Gasteiger charge is -2.31. The molecule has 0 saturated carbocycles. The Bertz CT molecular complexity index is 4540. The van der Waals surface area contributed by atoms with Gasteiger partial charge in [0.1, 0.15) is 84.3 Å². The molecule has 3 heterocycles. The first kappa shape index (κ1) is 102. The number of fused-ring (bicyclic) bond motifs is 1. The van der Waals surface area contributed by atoms with E-state index in [4.69, 9.17) is 11.5 Å². The van der Waals surface area contributed by atoms with Gasteiger partial charge in [0.15, 0.2) is 0 Å². The number of rotatable bonds is 45. The molecular formula is C83H116N18O22S2. The molecule has 0 bridgehead atoms. The van der Waals surface area contributed by atoms with E-state index in [1.807, 2.05) is 0 Å². The monoisotopic (exact) mass is 1780 g/mol. The van der Waals surface area contributed by atoms with Crippen LogP contribution in [0.1, 0.15) is 142 Å². The number of imidazole rings is 1. The number of phenolic OH excluding ortho intramolecular Hbond substituents is 1. The molecule has 24 N–H and O–H groups in total. The van der Waals surface area contributed by atoms with Gasteiger partial charge < -0.3 is 116 Å². The number of nitrogens with two attached hydrogens (primary N) is 2. The lowest BCUT2D eigenvalue weighted by atomic mass is 9.94. The maximum Gasteiger partial charge on any atom is 0.326 e. The summed E-state index contributed by atoms with van der Waals surface area (Å²) in [5, 5.41) is 84.3. The molecule has 40 nitrogen and oxygen atoms in total. The number of hydrogen-bond acceptors (Lipinski definition) is 23. The van der Waals surface area contributed by atoms with Crippen molar-refractivity contribution in [3.63, 3.8) is 0 Å². The van der Waals surface area contributed by atoms with Crippen molar-refractivity contribution in [1.82, 2.24) is 84.1 Å². The van der Waals surface area contributed by atoms with Gasteiger partial charge in [-0.05, 0) is 97.2 Å². The Hall–Kier alpha value is -12.2. The number of H-pyrrole nitrogens is 2. The van der Waals surface area contributed by atoms with E-state index in [0.717, 1.165) is 32.5 Å². The Morgan fingerprint density at radius 3 is 1.65 bits per heavy atom. The summed E-state index contributed by atoms with van der Waals surface area (Å²) >= 11 is 0. The van der Waals surface area contributed by atoms with E-state index in [2.05, 4.69) is 84.1 Å². The number of nitrogens with zero attached hydrogens (tertiary/aromatic N) is 1. The molecule has 16 atom stereocenters. The Labute approximate surface area is 729 Å². The van der Waals surface area contributed by atoms with Crippen molar-refractivity contribution in [2.45, 2.75) is 230 Å². The smallest absolute Gasteiger partial charge is 0.326 e. The zero-order chi connectivity index (χ0) is 92.3. The number of aromatic nitrogens is 3. The van der Waals surface area contributed by atoms with Crippen LogP contribution in [-0.2, 0) is 107 Å². The number of amides is 13. The highest BCUT2D eigenvalue weighted by Crippen LogP contribution is 2.26. The number of carbonyl (C=O) groups is 17. The van der Waals surface area contributed by atoms with E-state index in [1.165, 1.54) is 36.8 Å². The van der Waals surface area contributed by atoms with E-state index in [-0.39, 0.29) is 62.9 Å². The zero-order valence-electron chi connectivity index (χ0n) is 70.7. The second-order valence-electron chi connectivity index (χ2n) is 31.5. The average molecular weight is 1780 g/mol. The van der Waals surface area contributed by atoms with Crippen molar-refractivity contribution < 1.29 is 107 Å². The average Bonchev–Trinajstić information content (AvgIpc) is 1.75. The summed E-state index contributed by atoms with van der Waals surface area (Å²) < 4.78 is 0. The van der Waals surface area contributed by atoms with Crippen LogP contribution in [0, 0.1) is 23.7 Å². The SMILES string of the molecule is CC[C@H](C)[C@H](NC(=O)[C@H](CC(=O)O)NC(=O)[C@H](CC(C)C)NC(=O)[C@H](Cc1c[nH]cn1)NC(=O)[C@@H]1CSSC[C@H](NC(=O)[C@H](CCC(=O)O)NC(=O)[C@@H](CCCCN)NC(=O)[C@@H](N)CC(=O)O)C(=O)N[C@@H](C(C)C)C(=O)N[C@@H](Cc2ccc(O)cc2)C(=O)N[C@@H](Cc2ccccc2)C(=O)N1)C(=O)N[C@H](C(=O)N[C@@H](Cc1c[nH]c2ccccc12)C(=O)O)[C@@H](C)CC. The number of hydrogen-bond donors (Lipinski definition) is 22. The van der Waals surface area contributed by atoms with Crippen LogP contribution < -0.4 is 80.6 Å². The van der Waals surface area contributed by atoms with Crippen LogP contribution in [0.2, 0.25) is 0 Å². The van der Waals surface area contributed by atoms with Crippen LogP contribution in [0.3, 0.4) is 0 Å². The van der Waals surface area contributed by atoms with Crippen LogP contribution in [0.4, 0.5) is 0 Å². The van der Waals surface area contributed by atoms with Crippen molar-refractivity contribution >= 4 is 133 Å².